The van der Waals surface area contributed by atoms with Crippen LogP contribution in [0.15, 0.2) is 16.7 Å². The van der Waals surface area contributed by atoms with Crippen LogP contribution in [0.5, 0.6) is 0 Å². The summed E-state index contributed by atoms with van der Waals surface area (Å²) in [5, 5.41) is 3.14. The maximum Gasteiger partial charge on any atom is 0.226 e. The van der Waals surface area contributed by atoms with E-state index in [0.29, 0.717) is 21.7 Å². The molecule has 1 saturated carbocycles. The minimum atomic E-state index is -0.304. The predicted octanol–water partition coefficient (Wildman–Crippen LogP) is 2.71. The van der Waals surface area contributed by atoms with Gasteiger partial charge in [0.1, 0.15) is 5.15 Å². The van der Waals surface area contributed by atoms with Gasteiger partial charge in [0.2, 0.25) is 5.91 Å². The van der Waals surface area contributed by atoms with Crippen LogP contribution in [0, 0.1) is 0 Å². The molecule has 1 aromatic rings. The highest BCUT2D eigenvalue weighted by atomic mass is 79.9. The van der Waals surface area contributed by atoms with Gasteiger partial charge in [-0.1, -0.05) is 11.6 Å². The Morgan fingerprint density at radius 3 is 2.88 bits per heavy atom. The molecule has 0 saturated heterocycles. The van der Waals surface area contributed by atoms with Crippen molar-refractivity contribution in [2.75, 3.05) is 5.32 Å². The molecule has 1 fully saturated rings. The zero-order valence-corrected chi connectivity index (χ0v) is 11.5. The van der Waals surface area contributed by atoms with Gasteiger partial charge < -0.3 is 11.1 Å². The van der Waals surface area contributed by atoms with E-state index < -0.39 is 0 Å². The van der Waals surface area contributed by atoms with Crippen molar-refractivity contribution >= 4 is 39.1 Å². The predicted molar refractivity (Wildman–Crippen MR) is 71.0 cm³/mol. The number of hydrogen-bond donors (Lipinski definition) is 2. The zero-order chi connectivity index (χ0) is 12.5. The molecule has 2 rings (SSSR count). The summed E-state index contributed by atoms with van der Waals surface area (Å²) in [6, 6.07) is 1.72. The second kappa shape index (κ2) is 4.92. The molecule has 6 heteroatoms. The quantitative estimate of drug-likeness (QED) is 0.842. The Morgan fingerprint density at radius 2 is 2.35 bits per heavy atom. The van der Waals surface area contributed by atoms with Gasteiger partial charge in [-0.15, -0.1) is 0 Å². The summed E-state index contributed by atoms with van der Waals surface area (Å²) in [5.41, 5.74) is 6.32. The molecule has 0 bridgehead atoms. The molecule has 0 aliphatic heterocycles. The van der Waals surface area contributed by atoms with E-state index in [1.807, 2.05) is 0 Å². The van der Waals surface area contributed by atoms with Crippen molar-refractivity contribution in [3.63, 3.8) is 0 Å². The Labute approximate surface area is 113 Å². The summed E-state index contributed by atoms with van der Waals surface area (Å²) in [4.78, 5) is 15.7. The van der Waals surface area contributed by atoms with Crippen LogP contribution in [0.4, 0.5) is 5.69 Å². The standard InChI is InChI=1S/C11H13BrClN3O/c12-8-4-7(6-15-10(8)13)16-9(17)5-11(14)2-1-3-11/h4,6H,1-3,5,14H2,(H,16,17). The van der Waals surface area contributed by atoms with Crippen LogP contribution in [0.3, 0.4) is 0 Å². The molecule has 4 nitrogen and oxygen atoms in total. The summed E-state index contributed by atoms with van der Waals surface area (Å²) in [7, 11) is 0. The van der Waals surface area contributed by atoms with E-state index in [9.17, 15) is 4.79 Å². The molecule has 17 heavy (non-hydrogen) atoms. The van der Waals surface area contributed by atoms with Crippen molar-refractivity contribution in [3.8, 4) is 0 Å². The fourth-order valence-electron chi connectivity index (χ4n) is 1.82. The van der Waals surface area contributed by atoms with Crippen LogP contribution >= 0.6 is 27.5 Å². The maximum atomic E-state index is 11.7. The first kappa shape index (κ1) is 12.8. The highest BCUT2D eigenvalue weighted by molar-refractivity contribution is 9.10. The molecule has 1 amide bonds. The first-order valence-corrected chi connectivity index (χ1v) is 6.55. The third-order valence-electron chi connectivity index (χ3n) is 2.94. The van der Waals surface area contributed by atoms with Crippen LogP contribution in [-0.2, 0) is 4.79 Å². The number of nitrogens with one attached hydrogen (secondary N) is 1. The molecule has 0 spiro atoms. The number of amides is 1. The van der Waals surface area contributed by atoms with Crippen molar-refractivity contribution in [1.82, 2.24) is 4.98 Å². The number of aromatic nitrogens is 1. The Kier molecular flexibility index (Phi) is 3.70. The van der Waals surface area contributed by atoms with Gasteiger partial charge in [-0.2, -0.15) is 0 Å². The lowest BCUT2D eigenvalue weighted by Gasteiger charge is -2.37. The number of rotatable bonds is 3. The highest BCUT2D eigenvalue weighted by Crippen LogP contribution is 2.32. The van der Waals surface area contributed by atoms with E-state index in [4.69, 9.17) is 17.3 Å². The van der Waals surface area contributed by atoms with E-state index in [-0.39, 0.29) is 11.4 Å². The molecular weight excluding hydrogens is 305 g/mol. The highest BCUT2D eigenvalue weighted by Gasteiger charge is 2.34. The van der Waals surface area contributed by atoms with Crippen LogP contribution < -0.4 is 11.1 Å². The van der Waals surface area contributed by atoms with Gasteiger partial charge in [0, 0.05) is 12.0 Å². The van der Waals surface area contributed by atoms with Crippen molar-refractivity contribution in [2.45, 2.75) is 31.2 Å². The summed E-state index contributed by atoms with van der Waals surface area (Å²) in [6.45, 7) is 0. The number of carbonyl (C=O) groups is 1. The maximum absolute atomic E-state index is 11.7. The van der Waals surface area contributed by atoms with E-state index in [1.54, 1.807) is 6.07 Å². The van der Waals surface area contributed by atoms with Gasteiger partial charge in [-0.25, -0.2) is 4.98 Å². The Hall–Kier alpha value is -0.650. The molecule has 3 N–H and O–H groups in total. The minimum Gasteiger partial charge on any atom is -0.325 e. The van der Waals surface area contributed by atoms with E-state index in [2.05, 4.69) is 26.2 Å². The largest absolute Gasteiger partial charge is 0.325 e. The molecule has 1 aromatic heterocycles. The second-order valence-electron chi connectivity index (χ2n) is 4.44. The van der Waals surface area contributed by atoms with Crippen LogP contribution in [0.2, 0.25) is 5.15 Å². The van der Waals surface area contributed by atoms with Gasteiger partial charge >= 0.3 is 0 Å². The van der Waals surface area contributed by atoms with Crippen LogP contribution in [-0.4, -0.2) is 16.4 Å². The molecule has 0 radical (unpaired) electrons. The molecular formula is C11H13BrClN3O. The van der Waals surface area contributed by atoms with Crippen molar-refractivity contribution < 1.29 is 4.79 Å². The molecule has 92 valence electrons. The number of hydrogen-bond acceptors (Lipinski definition) is 3. The lowest BCUT2D eigenvalue weighted by molar-refractivity contribution is -0.118. The van der Waals surface area contributed by atoms with Crippen LogP contribution in [0.25, 0.3) is 0 Å². The second-order valence-corrected chi connectivity index (χ2v) is 5.65. The fraction of sp³-hybridized carbons (Fsp3) is 0.455. The van der Waals surface area contributed by atoms with Gasteiger partial charge in [-0.05, 0) is 41.3 Å². The Morgan fingerprint density at radius 1 is 1.65 bits per heavy atom. The smallest absolute Gasteiger partial charge is 0.226 e. The van der Waals surface area contributed by atoms with Gasteiger partial charge in [0.15, 0.2) is 0 Å². The number of halogens is 2. The first-order chi connectivity index (χ1) is 7.98. The SMILES string of the molecule is NC1(CC(=O)Nc2cnc(Cl)c(Br)c2)CCC1. The minimum absolute atomic E-state index is 0.0803. The summed E-state index contributed by atoms with van der Waals surface area (Å²) < 4.78 is 0.656. The lowest BCUT2D eigenvalue weighted by atomic mass is 9.75. The number of nitrogens with two attached hydrogens (primary N) is 1. The Balaban J connectivity index is 1.95. The van der Waals surface area contributed by atoms with Crippen molar-refractivity contribution in [1.29, 1.82) is 0 Å². The first-order valence-electron chi connectivity index (χ1n) is 5.38. The molecule has 1 aliphatic rings. The number of anilines is 1. The lowest BCUT2D eigenvalue weighted by Crippen LogP contribution is -2.48. The average molecular weight is 319 g/mol. The third kappa shape index (κ3) is 3.18. The fourth-order valence-corrected chi connectivity index (χ4v) is 2.27. The van der Waals surface area contributed by atoms with Gasteiger partial charge in [-0.3, -0.25) is 4.79 Å². The summed E-state index contributed by atoms with van der Waals surface area (Å²) >= 11 is 9.02. The topological polar surface area (TPSA) is 68.0 Å². The third-order valence-corrected chi connectivity index (χ3v) is 4.08. The monoisotopic (exact) mass is 317 g/mol. The normalized spacial score (nSPS) is 17.4. The van der Waals surface area contributed by atoms with Crippen molar-refractivity contribution in [3.05, 3.63) is 21.9 Å². The van der Waals surface area contributed by atoms with Crippen LogP contribution in [0.1, 0.15) is 25.7 Å². The molecule has 0 aromatic carbocycles. The molecule has 0 atom stereocenters. The van der Waals surface area contributed by atoms with E-state index >= 15 is 0 Å². The Bertz CT molecular complexity index is 448. The molecule has 1 heterocycles. The van der Waals surface area contributed by atoms with Crippen molar-refractivity contribution in [2.24, 2.45) is 5.73 Å². The average Bonchev–Trinajstić information content (AvgIpc) is 2.21. The number of nitrogens with zero attached hydrogens (tertiary/aromatic N) is 1. The number of carbonyl (C=O) groups excluding carboxylic acids is 1. The van der Waals surface area contributed by atoms with Gasteiger partial charge in [0.25, 0.3) is 0 Å². The van der Waals surface area contributed by atoms with Gasteiger partial charge in [0.05, 0.1) is 16.4 Å². The molecule has 0 unspecified atom stereocenters. The summed E-state index contributed by atoms with van der Waals surface area (Å²) in [5.74, 6) is -0.0803. The number of pyridine rings is 1. The molecule has 1 aliphatic carbocycles. The summed E-state index contributed by atoms with van der Waals surface area (Å²) in [6.07, 6.45) is 4.83. The zero-order valence-electron chi connectivity index (χ0n) is 9.17. The van der Waals surface area contributed by atoms with E-state index in [1.165, 1.54) is 6.20 Å². The van der Waals surface area contributed by atoms with E-state index in [0.717, 1.165) is 19.3 Å².